The summed E-state index contributed by atoms with van der Waals surface area (Å²) in [7, 11) is -1.48. The first-order valence-electron chi connectivity index (χ1n) is 4.74. The molecule has 0 aromatic heterocycles. The SMILES string of the molecule is [C-]#[N+][C@@H]1C=CCC[C@H]1O[Si](C)(C)C. The van der Waals surface area contributed by atoms with Crippen LogP contribution in [0.4, 0.5) is 0 Å². The van der Waals surface area contributed by atoms with Crippen LogP contribution < -0.4 is 0 Å². The molecular weight excluding hydrogens is 178 g/mol. The molecule has 0 heterocycles. The minimum atomic E-state index is -1.48. The Bertz CT molecular complexity index is 236. The molecule has 72 valence electrons. The molecule has 0 spiro atoms. The third-order valence-electron chi connectivity index (χ3n) is 1.99. The minimum Gasteiger partial charge on any atom is -0.407 e. The smallest absolute Gasteiger partial charge is 0.266 e. The number of allylic oxidation sites excluding steroid dienone is 1. The molecule has 3 heteroatoms. The standard InChI is InChI=1S/C10H17NOSi/c1-11-9-7-5-6-8-10(9)12-13(2,3)4/h5,7,9-10H,6,8H2,2-4H3/t9-,10-/m1/s1. The lowest BCUT2D eigenvalue weighted by molar-refractivity contribution is 0.177. The molecule has 0 aromatic carbocycles. The number of hydrogen-bond acceptors (Lipinski definition) is 1. The van der Waals surface area contributed by atoms with Gasteiger partial charge < -0.3 is 9.27 Å². The Labute approximate surface area is 81.5 Å². The lowest BCUT2D eigenvalue weighted by atomic mass is 10.0. The fourth-order valence-corrected chi connectivity index (χ4v) is 2.67. The first-order chi connectivity index (χ1) is 6.03. The average molecular weight is 195 g/mol. The van der Waals surface area contributed by atoms with Crippen LogP contribution in [0.3, 0.4) is 0 Å². The lowest BCUT2D eigenvalue weighted by Crippen LogP contribution is -2.38. The summed E-state index contributed by atoms with van der Waals surface area (Å²) in [6.45, 7) is 13.6. The molecule has 0 aliphatic heterocycles. The monoisotopic (exact) mass is 195 g/mol. The largest absolute Gasteiger partial charge is 0.407 e. The van der Waals surface area contributed by atoms with Gasteiger partial charge in [0.25, 0.3) is 6.04 Å². The summed E-state index contributed by atoms with van der Waals surface area (Å²) in [5, 5.41) is 0. The Morgan fingerprint density at radius 3 is 2.69 bits per heavy atom. The van der Waals surface area contributed by atoms with Crippen LogP contribution in [0.2, 0.25) is 19.6 Å². The Balaban J connectivity index is 2.59. The lowest BCUT2D eigenvalue weighted by Gasteiger charge is -2.27. The molecule has 0 amide bonds. The molecule has 0 saturated carbocycles. The van der Waals surface area contributed by atoms with Crippen molar-refractivity contribution in [2.45, 2.75) is 44.6 Å². The van der Waals surface area contributed by atoms with Crippen LogP contribution >= 0.6 is 0 Å². The molecule has 2 atom stereocenters. The van der Waals surface area contributed by atoms with Crippen molar-refractivity contribution in [2.24, 2.45) is 0 Å². The van der Waals surface area contributed by atoms with Crippen LogP contribution in [0, 0.1) is 6.57 Å². The molecule has 2 nitrogen and oxygen atoms in total. The highest BCUT2D eigenvalue weighted by Crippen LogP contribution is 2.21. The van der Waals surface area contributed by atoms with Gasteiger partial charge in [0.2, 0.25) is 0 Å². The molecule has 0 unspecified atom stereocenters. The van der Waals surface area contributed by atoms with Crippen LogP contribution in [-0.2, 0) is 4.43 Å². The van der Waals surface area contributed by atoms with Crippen molar-refractivity contribution in [3.63, 3.8) is 0 Å². The second kappa shape index (κ2) is 4.08. The molecule has 1 aliphatic carbocycles. The summed E-state index contributed by atoms with van der Waals surface area (Å²) in [6, 6.07) is -0.0412. The van der Waals surface area contributed by atoms with Crippen molar-refractivity contribution in [3.8, 4) is 0 Å². The topological polar surface area (TPSA) is 13.6 Å². The number of hydrogen-bond donors (Lipinski definition) is 0. The number of rotatable bonds is 2. The molecule has 0 bridgehead atoms. The summed E-state index contributed by atoms with van der Waals surface area (Å²) < 4.78 is 5.96. The van der Waals surface area contributed by atoms with Gasteiger partial charge in [0.05, 0.1) is 0 Å². The van der Waals surface area contributed by atoms with E-state index in [2.05, 4.69) is 30.6 Å². The molecule has 1 rings (SSSR count). The van der Waals surface area contributed by atoms with Crippen molar-refractivity contribution in [2.75, 3.05) is 0 Å². The third kappa shape index (κ3) is 3.33. The maximum Gasteiger partial charge on any atom is 0.266 e. The van der Waals surface area contributed by atoms with Crippen LogP contribution in [-0.4, -0.2) is 20.5 Å². The van der Waals surface area contributed by atoms with Crippen LogP contribution in [0.25, 0.3) is 4.85 Å². The molecule has 0 radical (unpaired) electrons. The molecule has 0 aromatic rings. The van der Waals surface area contributed by atoms with Crippen molar-refractivity contribution in [3.05, 3.63) is 23.6 Å². The van der Waals surface area contributed by atoms with E-state index in [-0.39, 0.29) is 12.1 Å². The van der Waals surface area contributed by atoms with E-state index in [0.717, 1.165) is 12.8 Å². The van der Waals surface area contributed by atoms with E-state index in [4.69, 9.17) is 11.0 Å². The van der Waals surface area contributed by atoms with Gasteiger partial charge in [0, 0.05) is 0 Å². The Hall–Kier alpha value is -0.593. The molecule has 0 saturated heterocycles. The van der Waals surface area contributed by atoms with Crippen molar-refractivity contribution in [1.29, 1.82) is 0 Å². The predicted molar refractivity (Wildman–Crippen MR) is 57.0 cm³/mol. The fourth-order valence-electron chi connectivity index (χ4n) is 1.50. The van der Waals surface area contributed by atoms with Gasteiger partial charge in [-0.1, -0.05) is 6.08 Å². The number of nitrogens with zero attached hydrogens (tertiary/aromatic N) is 1. The molecular formula is C10H17NOSi. The maximum absolute atomic E-state index is 7.04. The van der Waals surface area contributed by atoms with Gasteiger partial charge in [0.1, 0.15) is 6.10 Å². The molecule has 13 heavy (non-hydrogen) atoms. The highest BCUT2D eigenvalue weighted by Gasteiger charge is 2.31. The van der Waals surface area contributed by atoms with Gasteiger partial charge >= 0.3 is 0 Å². The zero-order valence-corrected chi connectivity index (χ0v) is 9.58. The maximum atomic E-state index is 7.04. The third-order valence-corrected chi connectivity index (χ3v) is 3.00. The van der Waals surface area contributed by atoms with Crippen molar-refractivity contribution >= 4 is 8.32 Å². The fraction of sp³-hybridized carbons (Fsp3) is 0.700. The minimum absolute atomic E-state index is 0.0412. The van der Waals surface area contributed by atoms with Gasteiger partial charge in [-0.25, -0.2) is 6.57 Å². The van der Waals surface area contributed by atoms with E-state index in [1.807, 2.05) is 6.08 Å². The summed E-state index contributed by atoms with van der Waals surface area (Å²) >= 11 is 0. The molecule has 0 fully saturated rings. The Morgan fingerprint density at radius 1 is 1.46 bits per heavy atom. The van der Waals surface area contributed by atoms with E-state index in [9.17, 15) is 0 Å². The van der Waals surface area contributed by atoms with E-state index >= 15 is 0 Å². The average Bonchev–Trinajstić information content (AvgIpc) is 2.02. The zero-order valence-electron chi connectivity index (χ0n) is 8.58. The zero-order chi connectivity index (χ0) is 9.90. The van der Waals surface area contributed by atoms with E-state index in [1.54, 1.807) is 0 Å². The summed E-state index contributed by atoms with van der Waals surface area (Å²) in [5.74, 6) is 0. The molecule has 0 N–H and O–H groups in total. The first kappa shape index (κ1) is 10.5. The Kier molecular flexibility index (Phi) is 3.29. The molecule has 1 aliphatic rings. The quantitative estimate of drug-likeness (QED) is 0.375. The second-order valence-corrected chi connectivity index (χ2v) is 8.85. The van der Waals surface area contributed by atoms with Gasteiger partial charge in [-0.15, -0.1) is 0 Å². The van der Waals surface area contributed by atoms with Gasteiger partial charge in [0.15, 0.2) is 8.32 Å². The normalized spacial score (nSPS) is 28.5. The van der Waals surface area contributed by atoms with Gasteiger partial charge in [-0.3, -0.25) is 0 Å². The Morgan fingerprint density at radius 2 is 2.15 bits per heavy atom. The highest BCUT2D eigenvalue weighted by atomic mass is 28.4. The van der Waals surface area contributed by atoms with Crippen molar-refractivity contribution in [1.82, 2.24) is 0 Å². The van der Waals surface area contributed by atoms with E-state index in [1.165, 1.54) is 0 Å². The second-order valence-electron chi connectivity index (χ2n) is 4.39. The van der Waals surface area contributed by atoms with Gasteiger partial charge in [-0.05, 0) is 38.6 Å². The van der Waals surface area contributed by atoms with Crippen LogP contribution in [0.5, 0.6) is 0 Å². The van der Waals surface area contributed by atoms with E-state index < -0.39 is 8.32 Å². The van der Waals surface area contributed by atoms with E-state index in [0.29, 0.717) is 0 Å². The summed E-state index contributed by atoms with van der Waals surface area (Å²) in [4.78, 5) is 3.57. The summed E-state index contributed by atoms with van der Waals surface area (Å²) in [5.41, 5.74) is 0. The van der Waals surface area contributed by atoms with Crippen LogP contribution in [0.1, 0.15) is 12.8 Å². The first-order valence-corrected chi connectivity index (χ1v) is 8.15. The van der Waals surface area contributed by atoms with Crippen molar-refractivity contribution < 1.29 is 4.43 Å². The van der Waals surface area contributed by atoms with Crippen LogP contribution in [0.15, 0.2) is 12.2 Å². The van der Waals surface area contributed by atoms with Gasteiger partial charge in [-0.2, -0.15) is 0 Å². The summed E-state index contributed by atoms with van der Waals surface area (Å²) in [6.07, 6.45) is 6.29. The predicted octanol–water partition coefficient (Wildman–Crippen LogP) is 2.84. The highest BCUT2D eigenvalue weighted by molar-refractivity contribution is 6.69.